The maximum Gasteiger partial charge on any atom is 0.0577 e. The Morgan fingerprint density at radius 1 is 1.43 bits per heavy atom. The fraction of sp³-hybridized carbons (Fsp3) is 0.500. The second kappa shape index (κ2) is 1.73. The van der Waals surface area contributed by atoms with E-state index in [4.69, 9.17) is 0 Å². The third-order valence-corrected chi connectivity index (χ3v) is 0.914. The summed E-state index contributed by atoms with van der Waals surface area (Å²) in [6.45, 7) is 1.37. The highest BCUT2D eigenvalue weighted by Gasteiger charge is 2.00. The van der Waals surface area contributed by atoms with Gasteiger partial charge in [-0.1, -0.05) is 12.2 Å². The molecule has 0 aromatic heterocycles. The molecule has 1 rings (SSSR count). The van der Waals surface area contributed by atoms with Gasteiger partial charge < -0.3 is 0 Å². The maximum atomic E-state index is 9.64. The van der Waals surface area contributed by atoms with Gasteiger partial charge in [0, 0.05) is 0 Å². The highest BCUT2D eigenvalue weighted by Crippen LogP contribution is 1.96. The first kappa shape index (κ1) is 4.30. The van der Waals surface area contributed by atoms with Gasteiger partial charge in [0.05, 0.1) is 18.4 Å². The molecular formula is C4H6N2O. The van der Waals surface area contributed by atoms with Crippen molar-refractivity contribution < 1.29 is 0 Å². The van der Waals surface area contributed by atoms with Crippen LogP contribution in [0.3, 0.4) is 0 Å². The minimum absolute atomic E-state index is 0.684. The summed E-state index contributed by atoms with van der Waals surface area (Å²) in [6.07, 6.45) is 3.84. The Labute approximate surface area is 41.6 Å². The van der Waals surface area contributed by atoms with E-state index in [1.165, 1.54) is 5.01 Å². The summed E-state index contributed by atoms with van der Waals surface area (Å²) in [5.41, 5.74) is 0. The molecule has 0 spiro atoms. The van der Waals surface area contributed by atoms with Crippen LogP contribution >= 0.6 is 0 Å². The van der Waals surface area contributed by atoms with Crippen LogP contribution in [0.5, 0.6) is 0 Å². The van der Waals surface area contributed by atoms with E-state index in [0.717, 1.165) is 0 Å². The van der Waals surface area contributed by atoms with Crippen molar-refractivity contribution in [2.24, 2.45) is 5.29 Å². The summed E-state index contributed by atoms with van der Waals surface area (Å²) < 4.78 is 0. The quantitative estimate of drug-likeness (QED) is 0.354. The van der Waals surface area contributed by atoms with Crippen molar-refractivity contribution in [3.8, 4) is 0 Å². The van der Waals surface area contributed by atoms with Crippen LogP contribution in [0.15, 0.2) is 17.4 Å². The molecule has 0 radical (unpaired) electrons. The zero-order valence-electron chi connectivity index (χ0n) is 3.87. The first-order chi connectivity index (χ1) is 3.43. The zero-order valence-corrected chi connectivity index (χ0v) is 3.87. The lowest BCUT2D eigenvalue weighted by atomic mass is 10.6. The molecule has 7 heavy (non-hydrogen) atoms. The molecule has 38 valence electrons. The van der Waals surface area contributed by atoms with Gasteiger partial charge in [-0.05, 0) is 0 Å². The van der Waals surface area contributed by atoms with Crippen molar-refractivity contribution in [1.29, 1.82) is 0 Å². The first-order valence-electron chi connectivity index (χ1n) is 2.16. The van der Waals surface area contributed by atoms with Crippen LogP contribution in [-0.2, 0) is 0 Å². The number of hydrogen-bond donors (Lipinski definition) is 0. The van der Waals surface area contributed by atoms with Crippen LogP contribution in [0.2, 0.25) is 0 Å². The van der Waals surface area contributed by atoms with Crippen LogP contribution < -0.4 is 0 Å². The molecule has 0 aliphatic carbocycles. The Morgan fingerprint density at radius 3 is 2.29 bits per heavy atom. The van der Waals surface area contributed by atoms with E-state index in [2.05, 4.69) is 5.29 Å². The molecule has 1 heterocycles. The van der Waals surface area contributed by atoms with Crippen LogP contribution in [0.1, 0.15) is 0 Å². The predicted octanol–water partition coefficient (Wildman–Crippen LogP) is 0.540. The Bertz CT molecular complexity index is 91.9. The summed E-state index contributed by atoms with van der Waals surface area (Å²) in [5.74, 6) is 0. The molecular weight excluding hydrogens is 92.1 g/mol. The third-order valence-electron chi connectivity index (χ3n) is 0.914. The number of rotatable bonds is 1. The second-order valence-electron chi connectivity index (χ2n) is 1.42. The summed E-state index contributed by atoms with van der Waals surface area (Å²) in [6, 6.07) is 0. The fourth-order valence-electron chi connectivity index (χ4n) is 0.534. The summed E-state index contributed by atoms with van der Waals surface area (Å²) in [7, 11) is 0. The van der Waals surface area contributed by atoms with E-state index in [1.807, 2.05) is 12.2 Å². The molecule has 0 atom stereocenters. The zero-order chi connectivity index (χ0) is 5.11. The molecule has 0 saturated carbocycles. The van der Waals surface area contributed by atoms with Crippen LogP contribution in [0.4, 0.5) is 0 Å². The van der Waals surface area contributed by atoms with Gasteiger partial charge in [0.2, 0.25) is 0 Å². The Morgan fingerprint density at radius 2 is 2.00 bits per heavy atom. The Balaban J connectivity index is 2.35. The summed E-state index contributed by atoms with van der Waals surface area (Å²) >= 11 is 0. The monoisotopic (exact) mass is 98.0 g/mol. The molecule has 0 unspecified atom stereocenters. The van der Waals surface area contributed by atoms with Gasteiger partial charge >= 0.3 is 0 Å². The van der Waals surface area contributed by atoms with Gasteiger partial charge in [0.1, 0.15) is 0 Å². The van der Waals surface area contributed by atoms with E-state index in [1.54, 1.807) is 0 Å². The molecule has 0 fully saturated rings. The van der Waals surface area contributed by atoms with E-state index < -0.39 is 0 Å². The maximum absolute atomic E-state index is 9.64. The number of hydrogen-bond acceptors (Lipinski definition) is 2. The highest BCUT2D eigenvalue weighted by molar-refractivity contribution is 4.93. The van der Waals surface area contributed by atoms with E-state index in [-0.39, 0.29) is 0 Å². The van der Waals surface area contributed by atoms with Gasteiger partial charge in [0.15, 0.2) is 0 Å². The second-order valence-corrected chi connectivity index (χ2v) is 1.42. The van der Waals surface area contributed by atoms with Crippen molar-refractivity contribution in [3.05, 3.63) is 17.1 Å². The SMILES string of the molecule is O=NN1CC=CC1. The standard InChI is InChI=1S/C4H6N2O/c7-5-6-3-1-2-4-6/h1-2H,3-4H2. The lowest BCUT2D eigenvalue weighted by Crippen LogP contribution is -2.09. The largest absolute Gasteiger partial charge is 0.253 e. The van der Waals surface area contributed by atoms with Crippen molar-refractivity contribution in [2.45, 2.75) is 0 Å². The summed E-state index contributed by atoms with van der Waals surface area (Å²) in [5, 5.41) is 4.15. The minimum Gasteiger partial charge on any atom is -0.253 e. The van der Waals surface area contributed by atoms with Gasteiger partial charge in [0.25, 0.3) is 0 Å². The van der Waals surface area contributed by atoms with Crippen molar-refractivity contribution in [3.63, 3.8) is 0 Å². The highest BCUT2D eigenvalue weighted by atomic mass is 16.3. The van der Waals surface area contributed by atoms with Crippen molar-refractivity contribution >= 4 is 0 Å². The average molecular weight is 98.1 g/mol. The Hall–Kier alpha value is -0.860. The van der Waals surface area contributed by atoms with E-state index >= 15 is 0 Å². The molecule has 0 N–H and O–H groups in total. The predicted molar refractivity (Wildman–Crippen MR) is 26.5 cm³/mol. The van der Waals surface area contributed by atoms with E-state index in [9.17, 15) is 4.91 Å². The van der Waals surface area contributed by atoms with E-state index in [0.29, 0.717) is 13.1 Å². The molecule has 0 aromatic rings. The molecule has 1 aliphatic heterocycles. The van der Waals surface area contributed by atoms with Crippen molar-refractivity contribution in [2.75, 3.05) is 13.1 Å². The third kappa shape index (κ3) is 0.765. The normalized spacial score (nSPS) is 18.0. The molecule has 0 bridgehead atoms. The van der Waals surface area contributed by atoms with Crippen LogP contribution in [-0.4, -0.2) is 18.1 Å². The fourth-order valence-corrected chi connectivity index (χ4v) is 0.534. The number of nitrogens with zero attached hydrogens (tertiary/aromatic N) is 2. The van der Waals surface area contributed by atoms with Gasteiger partial charge in [-0.3, -0.25) is 5.01 Å². The molecule has 0 amide bonds. The molecule has 3 nitrogen and oxygen atoms in total. The first-order valence-corrected chi connectivity index (χ1v) is 2.16. The molecule has 0 aromatic carbocycles. The molecule has 1 aliphatic rings. The molecule has 3 heteroatoms. The lowest BCUT2D eigenvalue weighted by Gasteiger charge is -2.00. The average Bonchev–Trinajstić information content (AvgIpc) is 2.14. The van der Waals surface area contributed by atoms with Gasteiger partial charge in [-0.15, -0.1) is 4.91 Å². The van der Waals surface area contributed by atoms with Gasteiger partial charge in [-0.2, -0.15) is 0 Å². The van der Waals surface area contributed by atoms with Gasteiger partial charge in [-0.25, -0.2) is 0 Å². The smallest absolute Gasteiger partial charge is 0.0577 e. The molecule has 0 saturated heterocycles. The van der Waals surface area contributed by atoms with Crippen LogP contribution in [0, 0.1) is 4.91 Å². The summed E-state index contributed by atoms with van der Waals surface area (Å²) in [4.78, 5) is 9.64. The van der Waals surface area contributed by atoms with Crippen LogP contribution in [0.25, 0.3) is 0 Å². The topological polar surface area (TPSA) is 32.7 Å². The van der Waals surface area contributed by atoms with Crippen molar-refractivity contribution in [1.82, 2.24) is 5.01 Å². The minimum atomic E-state index is 0.684. The lowest BCUT2D eigenvalue weighted by molar-refractivity contribution is 0.370. The number of nitroso groups, excluding NO2 is 1. The Kier molecular flexibility index (Phi) is 1.06.